The lowest BCUT2D eigenvalue weighted by molar-refractivity contribution is 0.533. The molecule has 1 aliphatic rings. The number of fused-ring (bicyclic) bond motifs is 1. The van der Waals surface area contributed by atoms with Crippen LogP contribution < -0.4 is 11.1 Å². The van der Waals surface area contributed by atoms with Gasteiger partial charge in [-0.15, -0.1) is 0 Å². The summed E-state index contributed by atoms with van der Waals surface area (Å²) in [4.78, 5) is 0. The van der Waals surface area contributed by atoms with Crippen LogP contribution in [0.25, 0.3) is 0 Å². The van der Waals surface area contributed by atoms with E-state index in [4.69, 9.17) is 5.73 Å². The number of hydrogen-bond acceptors (Lipinski definition) is 3. The Morgan fingerprint density at radius 2 is 2.37 bits per heavy atom. The number of nitrogen functional groups attached to an aromatic ring is 1. The Morgan fingerprint density at radius 3 is 3.16 bits per heavy atom. The van der Waals surface area contributed by atoms with Gasteiger partial charge in [0.05, 0.1) is 6.20 Å². The van der Waals surface area contributed by atoms with Crippen molar-refractivity contribution in [1.82, 2.24) is 15.1 Å². The van der Waals surface area contributed by atoms with Gasteiger partial charge in [-0.3, -0.25) is 4.68 Å². The molecule has 4 nitrogen and oxygen atoms in total. The first-order chi connectivity index (χ1) is 9.22. The van der Waals surface area contributed by atoms with Gasteiger partial charge in [0.25, 0.3) is 0 Å². The Kier molecular flexibility index (Phi) is 3.25. The number of anilines is 1. The van der Waals surface area contributed by atoms with Crippen molar-refractivity contribution >= 4 is 5.69 Å². The molecule has 0 radical (unpaired) electrons. The Bertz CT molecular complexity index is 573. The molecule has 0 aliphatic heterocycles. The van der Waals surface area contributed by atoms with Crippen molar-refractivity contribution in [2.75, 3.05) is 12.3 Å². The summed E-state index contributed by atoms with van der Waals surface area (Å²) in [5.74, 6) is 0. The number of aryl methyl sites for hydroxylation is 2. The van der Waals surface area contributed by atoms with E-state index in [2.05, 4.69) is 28.7 Å². The van der Waals surface area contributed by atoms with Gasteiger partial charge in [-0.2, -0.15) is 5.10 Å². The molecule has 1 heterocycles. The maximum absolute atomic E-state index is 5.83. The monoisotopic (exact) mass is 256 g/mol. The number of nitrogens with zero attached hydrogens (tertiary/aromatic N) is 2. The van der Waals surface area contributed by atoms with Crippen molar-refractivity contribution in [3.8, 4) is 0 Å². The van der Waals surface area contributed by atoms with Gasteiger partial charge in [-0.05, 0) is 54.6 Å². The second-order valence-electron chi connectivity index (χ2n) is 5.28. The van der Waals surface area contributed by atoms with Crippen molar-refractivity contribution in [3.05, 3.63) is 47.3 Å². The molecule has 1 aliphatic carbocycles. The van der Waals surface area contributed by atoms with Crippen molar-refractivity contribution in [1.29, 1.82) is 0 Å². The minimum Gasteiger partial charge on any atom is -0.399 e. The standard InChI is InChI=1S/C15H20N4/c1-19-10-11(9-18-19)6-7-17-15-5-2-12-8-13(16)3-4-14(12)15/h3-4,8-10,15,17H,2,5-7,16H2,1H3. The van der Waals surface area contributed by atoms with Crippen molar-refractivity contribution in [2.24, 2.45) is 7.05 Å². The van der Waals surface area contributed by atoms with Gasteiger partial charge in [0.2, 0.25) is 0 Å². The van der Waals surface area contributed by atoms with E-state index in [1.165, 1.54) is 23.1 Å². The van der Waals surface area contributed by atoms with Crippen LogP contribution in [-0.4, -0.2) is 16.3 Å². The molecule has 1 aromatic carbocycles. The van der Waals surface area contributed by atoms with Gasteiger partial charge >= 0.3 is 0 Å². The van der Waals surface area contributed by atoms with Gasteiger partial charge in [-0.1, -0.05) is 6.07 Å². The van der Waals surface area contributed by atoms with Gasteiger partial charge in [-0.25, -0.2) is 0 Å². The Hall–Kier alpha value is -1.81. The van der Waals surface area contributed by atoms with E-state index in [1.54, 1.807) is 0 Å². The van der Waals surface area contributed by atoms with E-state index in [0.29, 0.717) is 6.04 Å². The molecular formula is C15H20N4. The first-order valence-electron chi connectivity index (χ1n) is 6.81. The molecule has 1 aromatic heterocycles. The minimum absolute atomic E-state index is 0.479. The molecule has 0 bridgehead atoms. The number of rotatable bonds is 4. The molecule has 1 unspecified atom stereocenters. The third kappa shape index (κ3) is 2.63. The molecule has 100 valence electrons. The zero-order valence-corrected chi connectivity index (χ0v) is 11.3. The summed E-state index contributed by atoms with van der Waals surface area (Å²) < 4.78 is 1.85. The van der Waals surface area contributed by atoms with Crippen LogP contribution in [0.2, 0.25) is 0 Å². The number of aromatic nitrogens is 2. The average molecular weight is 256 g/mol. The molecular weight excluding hydrogens is 236 g/mol. The SMILES string of the molecule is Cn1cc(CCNC2CCc3cc(N)ccc32)cn1. The largest absolute Gasteiger partial charge is 0.399 e. The highest BCUT2D eigenvalue weighted by Crippen LogP contribution is 2.32. The van der Waals surface area contributed by atoms with E-state index < -0.39 is 0 Å². The van der Waals surface area contributed by atoms with E-state index in [9.17, 15) is 0 Å². The van der Waals surface area contributed by atoms with Crippen LogP contribution in [0.3, 0.4) is 0 Å². The summed E-state index contributed by atoms with van der Waals surface area (Å²) in [5, 5.41) is 7.82. The quantitative estimate of drug-likeness (QED) is 0.820. The maximum Gasteiger partial charge on any atom is 0.0522 e. The third-order valence-corrected chi connectivity index (χ3v) is 3.81. The molecule has 1 atom stereocenters. The molecule has 0 spiro atoms. The summed E-state index contributed by atoms with van der Waals surface area (Å²) >= 11 is 0. The second-order valence-corrected chi connectivity index (χ2v) is 5.28. The molecule has 0 fully saturated rings. The van der Waals surface area contributed by atoms with Gasteiger partial charge in [0.1, 0.15) is 0 Å². The molecule has 19 heavy (non-hydrogen) atoms. The fourth-order valence-corrected chi connectivity index (χ4v) is 2.84. The minimum atomic E-state index is 0.479. The predicted octanol–water partition coefficient (Wildman–Crippen LogP) is 1.82. The van der Waals surface area contributed by atoms with Gasteiger partial charge in [0.15, 0.2) is 0 Å². The second kappa shape index (κ2) is 5.05. The number of nitrogens with two attached hydrogens (primary N) is 1. The van der Waals surface area contributed by atoms with Crippen LogP contribution in [0, 0.1) is 0 Å². The first kappa shape index (κ1) is 12.2. The number of benzene rings is 1. The van der Waals surface area contributed by atoms with Crippen LogP contribution in [0.5, 0.6) is 0 Å². The highest BCUT2D eigenvalue weighted by atomic mass is 15.2. The van der Waals surface area contributed by atoms with Gasteiger partial charge < -0.3 is 11.1 Å². The maximum atomic E-state index is 5.83. The number of nitrogens with one attached hydrogen (secondary N) is 1. The summed E-state index contributed by atoms with van der Waals surface area (Å²) in [7, 11) is 1.95. The Morgan fingerprint density at radius 1 is 1.47 bits per heavy atom. The van der Waals surface area contributed by atoms with Crippen molar-refractivity contribution in [2.45, 2.75) is 25.3 Å². The molecule has 0 saturated heterocycles. The van der Waals surface area contributed by atoms with Crippen molar-refractivity contribution in [3.63, 3.8) is 0 Å². The average Bonchev–Trinajstić information content (AvgIpc) is 2.96. The highest BCUT2D eigenvalue weighted by Gasteiger charge is 2.21. The summed E-state index contributed by atoms with van der Waals surface area (Å²) in [6.07, 6.45) is 7.33. The van der Waals surface area contributed by atoms with Crippen LogP contribution in [0.15, 0.2) is 30.6 Å². The molecule has 2 aromatic rings. The molecule has 3 N–H and O–H groups in total. The molecule has 0 saturated carbocycles. The highest BCUT2D eigenvalue weighted by molar-refractivity contribution is 5.47. The molecule has 0 amide bonds. The fraction of sp³-hybridized carbons (Fsp3) is 0.400. The van der Waals surface area contributed by atoms with E-state index >= 15 is 0 Å². The van der Waals surface area contributed by atoms with E-state index in [-0.39, 0.29) is 0 Å². The van der Waals surface area contributed by atoms with Crippen LogP contribution in [0.1, 0.15) is 29.2 Å². The molecule has 3 rings (SSSR count). The summed E-state index contributed by atoms with van der Waals surface area (Å²) in [5.41, 5.74) is 10.8. The predicted molar refractivity (Wildman–Crippen MR) is 76.8 cm³/mol. The molecule has 4 heteroatoms. The normalized spacial score (nSPS) is 17.6. The first-order valence-corrected chi connectivity index (χ1v) is 6.81. The number of hydrogen-bond donors (Lipinski definition) is 2. The smallest absolute Gasteiger partial charge is 0.0522 e. The van der Waals surface area contributed by atoms with Crippen LogP contribution in [0.4, 0.5) is 5.69 Å². The van der Waals surface area contributed by atoms with Crippen molar-refractivity contribution < 1.29 is 0 Å². The van der Waals surface area contributed by atoms with E-state index in [1.807, 2.05) is 24.0 Å². The zero-order valence-electron chi connectivity index (χ0n) is 11.3. The van der Waals surface area contributed by atoms with Crippen LogP contribution in [-0.2, 0) is 19.9 Å². The lowest BCUT2D eigenvalue weighted by Crippen LogP contribution is -2.21. The van der Waals surface area contributed by atoms with E-state index in [0.717, 1.165) is 25.1 Å². The lowest BCUT2D eigenvalue weighted by atomic mass is 10.1. The summed E-state index contributed by atoms with van der Waals surface area (Å²) in [6.45, 7) is 0.986. The summed E-state index contributed by atoms with van der Waals surface area (Å²) in [6, 6.07) is 6.75. The third-order valence-electron chi connectivity index (χ3n) is 3.81. The Balaban J connectivity index is 1.58. The zero-order chi connectivity index (χ0) is 13.2. The lowest BCUT2D eigenvalue weighted by Gasteiger charge is -2.13. The van der Waals surface area contributed by atoms with Gasteiger partial charge in [0, 0.05) is 25.0 Å². The fourth-order valence-electron chi connectivity index (χ4n) is 2.84. The Labute approximate surface area is 113 Å². The van der Waals surface area contributed by atoms with Crippen LogP contribution >= 0.6 is 0 Å². The topological polar surface area (TPSA) is 55.9 Å².